The van der Waals surface area contributed by atoms with E-state index in [1.54, 1.807) is 26.1 Å². The number of carbonyl (C=O) groups is 2. The van der Waals surface area contributed by atoms with E-state index in [1.807, 2.05) is 0 Å². The molecular formula is C14H23NO3. The molecular weight excluding hydrogens is 230 g/mol. The van der Waals surface area contributed by atoms with Gasteiger partial charge in [0.25, 0.3) is 0 Å². The van der Waals surface area contributed by atoms with Gasteiger partial charge in [-0.1, -0.05) is 19.3 Å². The van der Waals surface area contributed by atoms with Gasteiger partial charge in [-0.05, 0) is 32.8 Å². The molecule has 1 aliphatic rings. The van der Waals surface area contributed by atoms with Crippen LogP contribution in [0.3, 0.4) is 0 Å². The Kier molecular flexibility index (Phi) is 6.47. The fraction of sp³-hybridized carbons (Fsp3) is 0.714. The molecule has 1 rings (SSSR count). The third-order valence-corrected chi connectivity index (χ3v) is 3.24. The molecule has 0 aromatic rings. The highest BCUT2D eigenvalue weighted by Crippen LogP contribution is 2.24. The molecule has 0 saturated heterocycles. The Hall–Kier alpha value is -1.32. The van der Waals surface area contributed by atoms with Gasteiger partial charge in [-0.25, -0.2) is 4.79 Å². The average Bonchev–Trinajstić information content (AvgIpc) is 2.39. The fourth-order valence-corrected chi connectivity index (χ4v) is 2.13. The molecule has 0 aromatic carbocycles. The number of esters is 1. The van der Waals surface area contributed by atoms with Gasteiger partial charge in [0.2, 0.25) is 0 Å². The molecule has 0 amide bonds. The van der Waals surface area contributed by atoms with Gasteiger partial charge in [-0.15, -0.1) is 0 Å². The van der Waals surface area contributed by atoms with Gasteiger partial charge in [0.15, 0.2) is 5.78 Å². The van der Waals surface area contributed by atoms with Crippen LogP contribution in [0.1, 0.15) is 46.0 Å². The van der Waals surface area contributed by atoms with Crippen molar-refractivity contribution in [3.63, 3.8) is 0 Å². The van der Waals surface area contributed by atoms with Crippen LogP contribution < -0.4 is 5.32 Å². The Bertz CT molecular complexity index is 306. The molecule has 1 unspecified atom stereocenters. The van der Waals surface area contributed by atoms with Crippen molar-refractivity contribution < 1.29 is 14.3 Å². The molecule has 1 saturated carbocycles. The maximum absolute atomic E-state index is 11.8. The minimum absolute atomic E-state index is 0.165. The van der Waals surface area contributed by atoms with Crippen molar-refractivity contribution in [3.05, 3.63) is 12.3 Å². The van der Waals surface area contributed by atoms with Crippen molar-refractivity contribution in [2.45, 2.75) is 52.0 Å². The Morgan fingerprint density at radius 3 is 2.61 bits per heavy atom. The largest absolute Gasteiger partial charge is 0.464 e. The lowest BCUT2D eigenvalue weighted by atomic mass is 9.86. The number of hydrogen-bond donors (Lipinski definition) is 1. The summed E-state index contributed by atoms with van der Waals surface area (Å²) in [6.07, 6.45) is 8.65. The van der Waals surface area contributed by atoms with Crippen LogP contribution in [0.4, 0.5) is 0 Å². The normalized spacial score (nSPS) is 18.6. The second-order valence-corrected chi connectivity index (χ2v) is 4.71. The number of hydrogen-bond acceptors (Lipinski definition) is 4. The van der Waals surface area contributed by atoms with E-state index in [1.165, 1.54) is 6.42 Å². The summed E-state index contributed by atoms with van der Waals surface area (Å²) in [7, 11) is 0. The lowest BCUT2D eigenvalue weighted by Gasteiger charge is -2.18. The van der Waals surface area contributed by atoms with E-state index >= 15 is 0 Å². The monoisotopic (exact) mass is 253 g/mol. The Morgan fingerprint density at radius 2 is 2.00 bits per heavy atom. The van der Waals surface area contributed by atoms with Crippen molar-refractivity contribution >= 4 is 11.8 Å². The molecule has 1 aliphatic carbocycles. The van der Waals surface area contributed by atoms with E-state index in [4.69, 9.17) is 4.74 Å². The van der Waals surface area contributed by atoms with Gasteiger partial charge in [0.1, 0.15) is 6.04 Å². The topological polar surface area (TPSA) is 55.4 Å². The van der Waals surface area contributed by atoms with E-state index in [0.717, 1.165) is 25.7 Å². The lowest BCUT2D eigenvalue weighted by molar-refractivity contribution is -0.144. The van der Waals surface area contributed by atoms with Crippen LogP contribution in [-0.2, 0) is 14.3 Å². The van der Waals surface area contributed by atoms with Crippen molar-refractivity contribution in [3.8, 4) is 0 Å². The molecule has 0 bridgehead atoms. The van der Waals surface area contributed by atoms with Crippen molar-refractivity contribution in [1.82, 2.24) is 5.32 Å². The van der Waals surface area contributed by atoms with Crippen molar-refractivity contribution in [1.29, 1.82) is 0 Å². The van der Waals surface area contributed by atoms with Crippen LogP contribution in [0.15, 0.2) is 12.3 Å². The summed E-state index contributed by atoms with van der Waals surface area (Å²) in [6.45, 7) is 3.86. The Morgan fingerprint density at radius 1 is 1.33 bits per heavy atom. The predicted octanol–water partition coefficient (Wildman–Crippen LogP) is 2.19. The number of rotatable bonds is 6. The number of nitrogens with one attached hydrogen (secondary N) is 1. The van der Waals surface area contributed by atoms with Gasteiger partial charge in [0.05, 0.1) is 6.61 Å². The summed E-state index contributed by atoms with van der Waals surface area (Å²) in [5, 5.41) is 2.86. The summed E-state index contributed by atoms with van der Waals surface area (Å²) in [5.74, 6) is 0.0419. The number of allylic oxidation sites excluding steroid dienone is 1. The van der Waals surface area contributed by atoms with Crippen LogP contribution in [0.5, 0.6) is 0 Å². The third-order valence-electron chi connectivity index (χ3n) is 3.24. The highest BCUT2D eigenvalue weighted by molar-refractivity contribution is 5.91. The first kappa shape index (κ1) is 14.7. The SMILES string of the molecule is CCOC(=O)C(C)N/C=C/C(=O)C1CCCCC1. The zero-order valence-corrected chi connectivity index (χ0v) is 11.3. The zero-order valence-electron chi connectivity index (χ0n) is 11.3. The number of ketones is 1. The minimum Gasteiger partial charge on any atom is -0.464 e. The summed E-state index contributed by atoms with van der Waals surface area (Å²) in [5.41, 5.74) is 0. The predicted molar refractivity (Wildman–Crippen MR) is 70.0 cm³/mol. The van der Waals surface area contributed by atoms with Crippen molar-refractivity contribution in [2.24, 2.45) is 5.92 Å². The summed E-state index contributed by atoms with van der Waals surface area (Å²) in [6, 6.07) is -0.416. The first-order valence-corrected chi connectivity index (χ1v) is 6.78. The van der Waals surface area contributed by atoms with E-state index in [9.17, 15) is 9.59 Å². The molecule has 1 N–H and O–H groups in total. The molecule has 0 aliphatic heterocycles. The molecule has 18 heavy (non-hydrogen) atoms. The van der Waals surface area contributed by atoms with E-state index in [-0.39, 0.29) is 17.7 Å². The van der Waals surface area contributed by atoms with E-state index < -0.39 is 6.04 Å². The quantitative estimate of drug-likeness (QED) is 0.582. The van der Waals surface area contributed by atoms with Crippen LogP contribution in [-0.4, -0.2) is 24.4 Å². The summed E-state index contributed by atoms with van der Waals surface area (Å²) < 4.78 is 4.86. The first-order chi connectivity index (χ1) is 8.65. The molecule has 102 valence electrons. The fourth-order valence-electron chi connectivity index (χ4n) is 2.13. The minimum atomic E-state index is -0.416. The summed E-state index contributed by atoms with van der Waals surface area (Å²) >= 11 is 0. The molecule has 4 nitrogen and oxygen atoms in total. The zero-order chi connectivity index (χ0) is 13.4. The highest BCUT2D eigenvalue weighted by Gasteiger charge is 2.19. The van der Waals surface area contributed by atoms with E-state index in [0.29, 0.717) is 6.61 Å². The first-order valence-electron chi connectivity index (χ1n) is 6.78. The number of ether oxygens (including phenoxy) is 1. The van der Waals surface area contributed by atoms with Crippen LogP contribution in [0.25, 0.3) is 0 Å². The molecule has 4 heteroatoms. The van der Waals surface area contributed by atoms with Gasteiger partial charge in [-0.3, -0.25) is 4.79 Å². The van der Waals surface area contributed by atoms with Crippen molar-refractivity contribution in [2.75, 3.05) is 6.61 Å². The standard InChI is InChI=1S/C14H23NO3/c1-3-18-14(17)11(2)15-10-9-13(16)12-7-5-4-6-8-12/h9-12,15H,3-8H2,1-2H3/b10-9+. The second-order valence-electron chi connectivity index (χ2n) is 4.71. The average molecular weight is 253 g/mol. The van der Waals surface area contributed by atoms with E-state index in [2.05, 4.69) is 5.32 Å². The Balaban J connectivity index is 2.30. The molecule has 1 atom stereocenters. The second kappa shape index (κ2) is 7.90. The van der Waals surface area contributed by atoms with Crippen LogP contribution in [0.2, 0.25) is 0 Å². The number of carbonyl (C=O) groups excluding carboxylic acids is 2. The Labute approximate surface area is 109 Å². The lowest BCUT2D eigenvalue weighted by Crippen LogP contribution is -2.32. The van der Waals surface area contributed by atoms with Gasteiger partial charge < -0.3 is 10.1 Å². The third kappa shape index (κ3) is 4.90. The molecule has 0 radical (unpaired) electrons. The van der Waals surface area contributed by atoms with Gasteiger partial charge >= 0.3 is 5.97 Å². The van der Waals surface area contributed by atoms with Gasteiger partial charge in [-0.2, -0.15) is 0 Å². The highest BCUT2D eigenvalue weighted by atomic mass is 16.5. The summed E-state index contributed by atoms with van der Waals surface area (Å²) in [4.78, 5) is 23.1. The molecule has 1 fully saturated rings. The molecule has 0 spiro atoms. The molecule has 0 heterocycles. The van der Waals surface area contributed by atoms with Gasteiger partial charge in [0, 0.05) is 12.1 Å². The molecule has 0 aromatic heterocycles. The van der Waals surface area contributed by atoms with Crippen LogP contribution in [0, 0.1) is 5.92 Å². The maximum Gasteiger partial charge on any atom is 0.328 e. The maximum atomic E-state index is 11.8. The van der Waals surface area contributed by atoms with Crippen LogP contribution >= 0.6 is 0 Å². The smallest absolute Gasteiger partial charge is 0.328 e.